The van der Waals surface area contributed by atoms with E-state index in [0.717, 1.165) is 28.5 Å². The van der Waals surface area contributed by atoms with Gasteiger partial charge in [-0.15, -0.1) is 0 Å². The molecule has 0 aliphatic rings. The smallest absolute Gasteiger partial charge is 0.216 e. The quantitative estimate of drug-likeness (QED) is 0.704. The van der Waals surface area contributed by atoms with Gasteiger partial charge in [0.2, 0.25) is 0 Å². The molecule has 4 nitrogen and oxygen atoms in total. The molecule has 0 spiro atoms. The van der Waals surface area contributed by atoms with Crippen LogP contribution in [0.3, 0.4) is 0 Å². The summed E-state index contributed by atoms with van der Waals surface area (Å²) in [5.74, 6) is 0.606. The van der Waals surface area contributed by atoms with Crippen molar-refractivity contribution in [1.29, 1.82) is 0 Å². The Bertz CT molecular complexity index is 845. The molecule has 3 rings (SSSR count). The Hall–Kier alpha value is -2.20. The van der Waals surface area contributed by atoms with Gasteiger partial charge >= 0.3 is 0 Å². The second-order valence-electron chi connectivity index (χ2n) is 7.00. The largest absolute Gasteiger partial charge is 0.250 e. The highest BCUT2D eigenvalue weighted by Crippen LogP contribution is 2.20. The molecule has 5 heteroatoms. The maximum Gasteiger partial charge on any atom is 0.250 e. The van der Waals surface area contributed by atoms with Gasteiger partial charge in [0.05, 0.1) is 11.4 Å². The molecule has 2 aromatic heterocycles. The summed E-state index contributed by atoms with van der Waals surface area (Å²) in [7, 11) is 0. The summed E-state index contributed by atoms with van der Waals surface area (Å²) < 4.78 is 1.75. The van der Waals surface area contributed by atoms with Crippen molar-refractivity contribution < 1.29 is 0 Å². The van der Waals surface area contributed by atoms with E-state index >= 15 is 0 Å². The molecule has 0 amide bonds. The fourth-order valence-corrected chi connectivity index (χ4v) is 2.58. The van der Waals surface area contributed by atoms with Crippen molar-refractivity contribution in [3.8, 4) is 5.95 Å². The van der Waals surface area contributed by atoms with Gasteiger partial charge in [-0.05, 0) is 36.8 Å². The highest BCUT2D eigenvalue weighted by Gasteiger charge is 2.18. The first-order valence-electron chi connectivity index (χ1n) is 7.97. The summed E-state index contributed by atoms with van der Waals surface area (Å²) in [6, 6.07) is 11.9. The van der Waals surface area contributed by atoms with Crippen molar-refractivity contribution in [2.45, 2.75) is 39.5 Å². The third-order valence-electron chi connectivity index (χ3n) is 3.76. The van der Waals surface area contributed by atoms with Crippen molar-refractivity contribution in [2.24, 2.45) is 0 Å². The zero-order valence-electron chi connectivity index (χ0n) is 14.4. The minimum Gasteiger partial charge on any atom is -0.216 e. The average molecular weight is 341 g/mol. The number of halogens is 1. The minimum absolute atomic E-state index is 0.00120. The highest BCUT2D eigenvalue weighted by molar-refractivity contribution is 6.30. The van der Waals surface area contributed by atoms with Gasteiger partial charge in [-0.2, -0.15) is 5.10 Å². The van der Waals surface area contributed by atoms with E-state index in [1.165, 1.54) is 5.56 Å². The third-order valence-corrected chi connectivity index (χ3v) is 4.01. The zero-order chi connectivity index (χ0) is 17.3. The van der Waals surface area contributed by atoms with Gasteiger partial charge in [-0.1, -0.05) is 44.5 Å². The van der Waals surface area contributed by atoms with E-state index in [9.17, 15) is 0 Å². The van der Waals surface area contributed by atoms with Crippen LogP contribution in [0, 0.1) is 6.92 Å². The molecule has 0 atom stereocenters. The highest BCUT2D eigenvalue weighted by atomic mass is 35.5. The van der Waals surface area contributed by atoms with Crippen LogP contribution in [0.5, 0.6) is 0 Å². The summed E-state index contributed by atoms with van der Waals surface area (Å²) in [5, 5.41) is 5.37. The number of hydrogen-bond acceptors (Lipinski definition) is 3. The molecule has 0 aliphatic heterocycles. The summed E-state index contributed by atoms with van der Waals surface area (Å²) in [5.41, 5.74) is 4.08. The first-order chi connectivity index (χ1) is 11.3. The molecule has 0 aliphatic carbocycles. The van der Waals surface area contributed by atoms with Crippen LogP contribution in [0.15, 0.2) is 42.6 Å². The van der Waals surface area contributed by atoms with E-state index in [-0.39, 0.29) is 5.41 Å². The third kappa shape index (κ3) is 3.82. The summed E-state index contributed by atoms with van der Waals surface area (Å²) in [6.45, 7) is 8.40. The first-order valence-corrected chi connectivity index (χ1v) is 8.34. The summed E-state index contributed by atoms with van der Waals surface area (Å²) >= 11 is 5.95. The normalized spacial score (nSPS) is 11.7. The van der Waals surface area contributed by atoms with E-state index in [1.807, 2.05) is 49.5 Å². The molecule has 3 aromatic rings. The topological polar surface area (TPSA) is 43.6 Å². The Balaban J connectivity index is 1.91. The van der Waals surface area contributed by atoms with Gasteiger partial charge in [0.15, 0.2) is 0 Å². The van der Waals surface area contributed by atoms with Crippen molar-refractivity contribution in [3.63, 3.8) is 0 Å². The van der Waals surface area contributed by atoms with Crippen LogP contribution in [-0.2, 0) is 11.8 Å². The molecule has 0 saturated heterocycles. The van der Waals surface area contributed by atoms with Gasteiger partial charge in [-0.3, -0.25) is 0 Å². The Kier molecular flexibility index (Phi) is 4.41. The molecule has 0 radical (unpaired) electrons. The number of rotatable bonds is 3. The zero-order valence-corrected chi connectivity index (χ0v) is 15.2. The fourth-order valence-electron chi connectivity index (χ4n) is 2.46. The lowest BCUT2D eigenvalue weighted by atomic mass is 9.93. The summed E-state index contributed by atoms with van der Waals surface area (Å²) in [4.78, 5) is 9.20. The van der Waals surface area contributed by atoms with Gasteiger partial charge < -0.3 is 0 Å². The first kappa shape index (κ1) is 16.7. The lowest BCUT2D eigenvalue weighted by Gasteiger charge is -2.14. The predicted octanol–water partition coefficient (Wildman–Crippen LogP) is 4.51. The molecule has 2 heterocycles. The van der Waals surface area contributed by atoms with Crippen molar-refractivity contribution >= 4 is 11.6 Å². The number of aromatic nitrogens is 4. The van der Waals surface area contributed by atoms with Crippen LogP contribution < -0.4 is 0 Å². The van der Waals surface area contributed by atoms with Gasteiger partial charge in [-0.25, -0.2) is 14.6 Å². The molecule has 0 N–H and O–H groups in total. The Morgan fingerprint density at radius 2 is 1.75 bits per heavy atom. The number of nitrogens with zero attached hydrogens (tertiary/aromatic N) is 4. The molecule has 0 bridgehead atoms. The fraction of sp³-hybridized carbons (Fsp3) is 0.316. The Morgan fingerprint density at radius 1 is 1.04 bits per heavy atom. The number of hydrogen-bond donors (Lipinski definition) is 0. The standard InChI is InChI=1S/C19H21ClN4/c1-13-11-16(12-14-5-7-15(20)8-6-14)22-18(21-13)24-10-9-17(23-24)19(2,3)4/h5-11H,12H2,1-4H3. The van der Waals surface area contributed by atoms with Gasteiger partial charge in [0, 0.05) is 28.7 Å². The maximum atomic E-state index is 5.95. The van der Waals surface area contributed by atoms with Gasteiger partial charge in [0.25, 0.3) is 5.95 Å². The van der Waals surface area contributed by atoms with Crippen molar-refractivity contribution in [1.82, 2.24) is 19.7 Å². The summed E-state index contributed by atoms with van der Waals surface area (Å²) in [6.07, 6.45) is 2.66. The molecule has 124 valence electrons. The van der Waals surface area contributed by atoms with E-state index in [0.29, 0.717) is 5.95 Å². The van der Waals surface area contributed by atoms with Crippen LogP contribution in [-0.4, -0.2) is 19.7 Å². The Labute approximate surface area is 147 Å². The van der Waals surface area contributed by atoms with Gasteiger partial charge in [0.1, 0.15) is 0 Å². The molecule has 0 unspecified atom stereocenters. The molecule has 0 saturated carbocycles. The van der Waals surface area contributed by atoms with Crippen LogP contribution in [0.1, 0.15) is 43.4 Å². The van der Waals surface area contributed by atoms with Crippen molar-refractivity contribution in [3.05, 3.63) is 70.3 Å². The SMILES string of the molecule is Cc1cc(Cc2ccc(Cl)cc2)nc(-n2ccc(C(C)(C)C)n2)n1. The second kappa shape index (κ2) is 6.36. The lowest BCUT2D eigenvalue weighted by Crippen LogP contribution is -2.13. The van der Waals surface area contributed by atoms with Crippen LogP contribution in [0.4, 0.5) is 0 Å². The predicted molar refractivity (Wildman–Crippen MR) is 96.8 cm³/mol. The van der Waals surface area contributed by atoms with Crippen LogP contribution in [0.2, 0.25) is 5.02 Å². The second-order valence-corrected chi connectivity index (χ2v) is 7.44. The van der Waals surface area contributed by atoms with Crippen LogP contribution >= 0.6 is 11.6 Å². The lowest BCUT2D eigenvalue weighted by molar-refractivity contribution is 0.558. The van der Waals surface area contributed by atoms with Crippen molar-refractivity contribution in [2.75, 3.05) is 0 Å². The number of aryl methyl sites for hydroxylation is 1. The molecular formula is C19H21ClN4. The van der Waals surface area contributed by atoms with E-state index in [1.54, 1.807) is 4.68 Å². The van der Waals surface area contributed by atoms with E-state index < -0.39 is 0 Å². The Morgan fingerprint density at radius 3 is 2.38 bits per heavy atom. The minimum atomic E-state index is 0.00120. The molecule has 24 heavy (non-hydrogen) atoms. The van der Waals surface area contributed by atoms with E-state index in [4.69, 9.17) is 11.6 Å². The number of benzene rings is 1. The molecular weight excluding hydrogens is 320 g/mol. The monoisotopic (exact) mass is 340 g/mol. The van der Waals surface area contributed by atoms with E-state index in [2.05, 4.69) is 35.8 Å². The maximum absolute atomic E-state index is 5.95. The average Bonchev–Trinajstić information content (AvgIpc) is 2.99. The molecule has 0 fully saturated rings. The van der Waals surface area contributed by atoms with Crippen LogP contribution in [0.25, 0.3) is 5.95 Å². The molecule has 1 aromatic carbocycles.